The van der Waals surface area contributed by atoms with E-state index in [1.807, 2.05) is 67.5 Å². The summed E-state index contributed by atoms with van der Waals surface area (Å²) in [6.45, 7) is 21.7. The fourth-order valence-electron chi connectivity index (χ4n) is 2.98. The summed E-state index contributed by atoms with van der Waals surface area (Å²) in [7, 11) is 1.67. The quantitative estimate of drug-likeness (QED) is 0.291. The number of hydrogen-bond acceptors (Lipinski definition) is 5. The van der Waals surface area contributed by atoms with Crippen LogP contribution in [0.2, 0.25) is 0 Å². The number of benzene rings is 1. The molecule has 0 aliphatic rings. The predicted molar refractivity (Wildman–Crippen MR) is 173 cm³/mol. The molecule has 0 unspecified atom stereocenters. The zero-order valence-electron chi connectivity index (χ0n) is 26.6. The molecule has 0 aliphatic heterocycles. The summed E-state index contributed by atoms with van der Waals surface area (Å²) >= 11 is 0. The molecular weight excluding hydrogens is 524 g/mol. The van der Waals surface area contributed by atoms with E-state index in [0.717, 1.165) is 25.0 Å². The highest BCUT2D eigenvalue weighted by molar-refractivity contribution is 5.93. The van der Waals surface area contributed by atoms with Crippen LogP contribution in [-0.4, -0.2) is 20.3 Å². The summed E-state index contributed by atoms with van der Waals surface area (Å²) in [5.74, 6) is -2.11. The monoisotopic (exact) mass is 573 g/mol. The van der Waals surface area contributed by atoms with Gasteiger partial charge in [0.2, 0.25) is 5.92 Å². The largest absolute Gasteiger partial charge is 0.334 e. The van der Waals surface area contributed by atoms with Crippen molar-refractivity contribution in [2.45, 2.75) is 81.7 Å². The molecule has 1 aromatic carbocycles. The molecule has 2 heterocycles. The molecule has 0 spiro atoms. The van der Waals surface area contributed by atoms with Crippen LogP contribution in [0, 0.1) is 0 Å². The highest BCUT2D eigenvalue weighted by Gasteiger charge is 2.14. The van der Waals surface area contributed by atoms with Crippen molar-refractivity contribution in [3.05, 3.63) is 93.2 Å². The first-order valence-corrected chi connectivity index (χ1v) is 13.9. The Hall–Kier alpha value is -3.85. The molecular formula is C32H49F2N5O2. The van der Waals surface area contributed by atoms with Crippen LogP contribution in [0.4, 0.5) is 20.3 Å². The van der Waals surface area contributed by atoms with Crippen LogP contribution in [0.5, 0.6) is 0 Å². The Morgan fingerprint density at radius 2 is 1.56 bits per heavy atom. The predicted octanol–water partition coefficient (Wildman–Crippen LogP) is 8.03. The van der Waals surface area contributed by atoms with Gasteiger partial charge >= 0.3 is 0 Å². The maximum absolute atomic E-state index is 13.2. The van der Waals surface area contributed by atoms with E-state index in [4.69, 9.17) is 5.73 Å². The number of anilines is 2. The Morgan fingerprint density at radius 1 is 1.00 bits per heavy atom. The molecule has 228 valence electrons. The Morgan fingerprint density at radius 3 is 2.05 bits per heavy atom. The number of nitrogens with one attached hydrogen (secondary N) is 1. The number of nitrogens with zero attached hydrogens (tertiary/aromatic N) is 3. The van der Waals surface area contributed by atoms with Gasteiger partial charge in [-0.05, 0) is 63.6 Å². The van der Waals surface area contributed by atoms with Gasteiger partial charge in [0.05, 0.1) is 11.1 Å². The maximum atomic E-state index is 13.2. The maximum Gasteiger partial charge on any atom is 0.279 e. The Bertz CT molecular complexity index is 1390. The van der Waals surface area contributed by atoms with Crippen LogP contribution in [0.3, 0.4) is 0 Å². The van der Waals surface area contributed by atoms with Crippen molar-refractivity contribution in [1.29, 1.82) is 0 Å². The van der Waals surface area contributed by atoms with Crippen molar-refractivity contribution in [2.24, 2.45) is 12.8 Å². The molecule has 3 N–H and O–H groups in total. The first-order chi connectivity index (χ1) is 19.3. The second kappa shape index (κ2) is 20.1. The second-order valence-electron chi connectivity index (χ2n) is 8.48. The Kier molecular flexibility index (Phi) is 19.3. The third-order valence-electron chi connectivity index (χ3n) is 4.62. The molecule has 0 aliphatic carbocycles. The summed E-state index contributed by atoms with van der Waals surface area (Å²) in [6, 6.07) is 8.83. The molecule has 41 heavy (non-hydrogen) atoms. The topological polar surface area (TPSA) is 94.9 Å². The lowest BCUT2D eigenvalue weighted by molar-refractivity contribution is 0.0437. The van der Waals surface area contributed by atoms with Crippen molar-refractivity contribution >= 4 is 28.0 Å². The summed E-state index contributed by atoms with van der Waals surface area (Å²) in [5, 5.41) is 8.66. The normalized spacial score (nSPS) is 10.2. The molecule has 0 atom stereocenters. The SMILES string of the molecule is C=C/C(=C\C=C(C)C)n1nc(Nc2cccn(C)c2=O)c2ccc(CN)cc2c1=O.CC.CC.CC.CC(C)(F)F. The van der Waals surface area contributed by atoms with Crippen molar-refractivity contribution in [3.8, 4) is 0 Å². The van der Waals surface area contributed by atoms with Gasteiger partial charge in [-0.25, -0.2) is 8.78 Å². The molecule has 2 aromatic heterocycles. The van der Waals surface area contributed by atoms with E-state index in [2.05, 4.69) is 17.0 Å². The standard InChI is InChI=1S/C23H25N5O2.C3H6F2.3C2H6/c1-5-17(10-8-15(2)3)28-22(29)19-13-16(14-24)9-11-18(19)21(26-28)25-20-7-6-12-27(4)23(20)30;1-3(2,4)5;3*1-2/h5-13H,1,14,24H2,2-4H3,(H,25,26);1-2H3;3*1-2H3/b17-10+;;;;. The van der Waals surface area contributed by atoms with Gasteiger partial charge in [0.1, 0.15) is 5.69 Å². The van der Waals surface area contributed by atoms with Crippen LogP contribution >= 0.6 is 0 Å². The van der Waals surface area contributed by atoms with E-state index >= 15 is 0 Å². The number of rotatable bonds is 6. The number of allylic oxidation sites excluding steroid dienone is 5. The Labute approximate surface area is 244 Å². The van der Waals surface area contributed by atoms with Gasteiger partial charge in [-0.3, -0.25) is 9.59 Å². The highest BCUT2D eigenvalue weighted by atomic mass is 19.3. The number of aryl methyl sites for hydroxylation is 1. The van der Waals surface area contributed by atoms with E-state index in [0.29, 0.717) is 34.5 Å². The first kappa shape index (κ1) is 39.3. The minimum absolute atomic E-state index is 0.201. The average Bonchev–Trinajstić information content (AvgIpc) is 2.95. The lowest BCUT2D eigenvalue weighted by Gasteiger charge is -2.14. The van der Waals surface area contributed by atoms with Crippen LogP contribution < -0.4 is 22.2 Å². The molecule has 0 saturated heterocycles. The van der Waals surface area contributed by atoms with Gasteiger partial charge in [0.15, 0.2) is 5.82 Å². The zero-order valence-corrected chi connectivity index (χ0v) is 26.6. The third-order valence-corrected chi connectivity index (χ3v) is 4.62. The number of fused-ring (bicyclic) bond motifs is 1. The van der Waals surface area contributed by atoms with Gasteiger partial charge in [-0.1, -0.05) is 71.9 Å². The zero-order chi connectivity index (χ0) is 32.3. The lowest BCUT2D eigenvalue weighted by atomic mass is 10.1. The molecule has 9 heteroatoms. The molecule has 0 amide bonds. The second-order valence-corrected chi connectivity index (χ2v) is 8.48. The van der Waals surface area contributed by atoms with E-state index < -0.39 is 5.92 Å². The summed E-state index contributed by atoms with van der Waals surface area (Å²) in [5.41, 5.74) is 8.05. The van der Waals surface area contributed by atoms with Crippen LogP contribution in [0.25, 0.3) is 16.5 Å². The van der Waals surface area contributed by atoms with Gasteiger partial charge in [0.25, 0.3) is 11.1 Å². The minimum atomic E-state index is -2.50. The van der Waals surface area contributed by atoms with Gasteiger partial charge < -0.3 is 15.6 Å². The Balaban J connectivity index is 0. The minimum Gasteiger partial charge on any atom is -0.334 e. The average molecular weight is 574 g/mol. The third kappa shape index (κ3) is 13.4. The van der Waals surface area contributed by atoms with Crippen LogP contribution in [0.15, 0.2) is 76.5 Å². The number of hydrogen-bond donors (Lipinski definition) is 2. The summed E-state index contributed by atoms with van der Waals surface area (Å²) in [4.78, 5) is 25.7. The molecule has 3 aromatic rings. The fraction of sp³-hybridized carbons (Fsp3) is 0.406. The van der Waals surface area contributed by atoms with Gasteiger partial charge in [0, 0.05) is 25.2 Å². The smallest absolute Gasteiger partial charge is 0.279 e. The summed E-state index contributed by atoms with van der Waals surface area (Å²) < 4.78 is 24.8. The first-order valence-electron chi connectivity index (χ1n) is 13.9. The van der Waals surface area contributed by atoms with Gasteiger partial charge in [-0.2, -0.15) is 4.68 Å². The van der Waals surface area contributed by atoms with E-state index in [1.54, 1.807) is 49.7 Å². The van der Waals surface area contributed by atoms with Crippen LogP contribution in [0.1, 0.15) is 74.8 Å². The number of aromatic nitrogens is 3. The number of alkyl halides is 2. The number of nitrogens with two attached hydrogens (primary N) is 1. The van der Waals surface area contributed by atoms with Crippen LogP contribution in [-0.2, 0) is 13.6 Å². The summed E-state index contributed by atoms with van der Waals surface area (Å²) in [6.07, 6.45) is 6.90. The highest BCUT2D eigenvalue weighted by Crippen LogP contribution is 2.23. The lowest BCUT2D eigenvalue weighted by Crippen LogP contribution is -2.24. The number of pyridine rings is 1. The van der Waals surface area contributed by atoms with E-state index in [1.165, 1.54) is 9.25 Å². The molecule has 3 rings (SSSR count). The van der Waals surface area contributed by atoms with Crippen molar-refractivity contribution in [1.82, 2.24) is 14.3 Å². The number of halogens is 2. The van der Waals surface area contributed by atoms with Crippen molar-refractivity contribution in [2.75, 3.05) is 5.32 Å². The van der Waals surface area contributed by atoms with E-state index in [9.17, 15) is 18.4 Å². The molecule has 0 radical (unpaired) electrons. The molecule has 0 bridgehead atoms. The van der Waals surface area contributed by atoms with Crippen molar-refractivity contribution in [3.63, 3.8) is 0 Å². The molecule has 7 nitrogen and oxygen atoms in total. The van der Waals surface area contributed by atoms with Crippen molar-refractivity contribution < 1.29 is 8.78 Å². The fourth-order valence-corrected chi connectivity index (χ4v) is 2.98. The van der Waals surface area contributed by atoms with Gasteiger partial charge in [-0.15, -0.1) is 5.10 Å². The molecule has 0 saturated carbocycles. The van der Waals surface area contributed by atoms with E-state index in [-0.39, 0.29) is 11.1 Å². The molecule has 0 fully saturated rings.